The SMILES string of the molecule is CC1CCC(NC(=O)CCC(C)(C)N)C(C)C1. The lowest BCUT2D eigenvalue weighted by Gasteiger charge is -2.33. The lowest BCUT2D eigenvalue weighted by Crippen LogP contribution is -2.43. The zero-order valence-corrected chi connectivity index (χ0v) is 11.8. The molecule has 3 atom stereocenters. The standard InChI is InChI=1S/C14H28N2O/c1-10-5-6-12(11(2)9-10)16-13(17)7-8-14(3,4)15/h10-12H,5-9,15H2,1-4H3,(H,16,17). The smallest absolute Gasteiger partial charge is 0.220 e. The van der Waals surface area contributed by atoms with Crippen LogP contribution in [0.3, 0.4) is 0 Å². The van der Waals surface area contributed by atoms with Crippen LogP contribution in [0.1, 0.15) is 59.8 Å². The number of hydrogen-bond donors (Lipinski definition) is 2. The van der Waals surface area contributed by atoms with E-state index in [1.807, 2.05) is 13.8 Å². The van der Waals surface area contributed by atoms with Crippen LogP contribution in [0.2, 0.25) is 0 Å². The monoisotopic (exact) mass is 240 g/mol. The summed E-state index contributed by atoms with van der Waals surface area (Å²) >= 11 is 0. The van der Waals surface area contributed by atoms with Gasteiger partial charge >= 0.3 is 0 Å². The molecule has 0 aromatic carbocycles. The quantitative estimate of drug-likeness (QED) is 0.793. The minimum absolute atomic E-state index is 0.162. The lowest BCUT2D eigenvalue weighted by atomic mass is 9.80. The first-order chi connectivity index (χ1) is 7.78. The maximum absolute atomic E-state index is 11.8. The predicted molar refractivity (Wildman–Crippen MR) is 71.6 cm³/mol. The number of carbonyl (C=O) groups excluding carboxylic acids is 1. The van der Waals surface area contributed by atoms with Crippen molar-refractivity contribution in [2.45, 2.75) is 71.4 Å². The van der Waals surface area contributed by atoms with Gasteiger partial charge in [0.1, 0.15) is 0 Å². The van der Waals surface area contributed by atoms with Crippen molar-refractivity contribution in [1.29, 1.82) is 0 Å². The first-order valence-electron chi connectivity index (χ1n) is 6.86. The third-order valence-corrected chi connectivity index (χ3v) is 3.77. The summed E-state index contributed by atoms with van der Waals surface area (Å²) in [5, 5.41) is 3.17. The van der Waals surface area contributed by atoms with Gasteiger partial charge in [-0.2, -0.15) is 0 Å². The number of carbonyl (C=O) groups is 1. The molecule has 1 amide bonds. The van der Waals surface area contributed by atoms with Crippen LogP contribution in [0, 0.1) is 11.8 Å². The molecule has 17 heavy (non-hydrogen) atoms. The summed E-state index contributed by atoms with van der Waals surface area (Å²) in [4.78, 5) is 11.8. The number of rotatable bonds is 4. The molecule has 3 unspecified atom stereocenters. The summed E-state index contributed by atoms with van der Waals surface area (Å²) < 4.78 is 0. The zero-order chi connectivity index (χ0) is 13.1. The molecule has 1 aliphatic rings. The van der Waals surface area contributed by atoms with Gasteiger partial charge in [-0.3, -0.25) is 4.79 Å². The Hall–Kier alpha value is -0.570. The number of nitrogens with one attached hydrogen (secondary N) is 1. The molecule has 3 nitrogen and oxygen atoms in total. The molecule has 1 rings (SSSR count). The van der Waals surface area contributed by atoms with Crippen molar-refractivity contribution in [3.63, 3.8) is 0 Å². The molecular weight excluding hydrogens is 212 g/mol. The summed E-state index contributed by atoms with van der Waals surface area (Å²) in [6.45, 7) is 8.47. The van der Waals surface area contributed by atoms with E-state index in [-0.39, 0.29) is 11.4 Å². The molecule has 3 heteroatoms. The van der Waals surface area contributed by atoms with Gasteiger partial charge in [0.25, 0.3) is 0 Å². The van der Waals surface area contributed by atoms with Crippen molar-refractivity contribution in [1.82, 2.24) is 5.32 Å². The van der Waals surface area contributed by atoms with Crippen molar-refractivity contribution in [2.24, 2.45) is 17.6 Å². The van der Waals surface area contributed by atoms with Gasteiger partial charge in [0.15, 0.2) is 0 Å². The summed E-state index contributed by atoms with van der Waals surface area (Å²) in [6, 6.07) is 0.375. The molecule has 1 saturated carbocycles. The normalized spacial score (nSPS) is 30.1. The van der Waals surface area contributed by atoms with Crippen LogP contribution < -0.4 is 11.1 Å². The summed E-state index contributed by atoms with van der Waals surface area (Å²) in [7, 11) is 0. The first-order valence-corrected chi connectivity index (χ1v) is 6.86. The number of nitrogens with two attached hydrogens (primary N) is 1. The van der Waals surface area contributed by atoms with Crippen LogP contribution in [0.25, 0.3) is 0 Å². The predicted octanol–water partition coefficient (Wildman–Crippen LogP) is 2.44. The van der Waals surface area contributed by atoms with E-state index < -0.39 is 0 Å². The largest absolute Gasteiger partial charge is 0.353 e. The van der Waals surface area contributed by atoms with Crippen LogP contribution in [-0.4, -0.2) is 17.5 Å². The lowest BCUT2D eigenvalue weighted by molar-refractivity contribution is -0.122. The highest BCUT2D eigenvalue weighted by Crippen LogP contribution is 2.28. The van der Waals surface area contributed by atoms with Crippen molar-refractivity contribution >= 4 is 5.91 Å². The van der Waals surface area contributed by atoms with Crippen molar-refractivity contribution in [2.75, 3.05) is 0 Å². The molecule has 0 radical (unpaired) electrons. The molecule has 0 heterocycles. The number of hydrogen-bond acceptors (Lipinski definition) is 2. The number of amides is 1. The average Bonchev–Trinajstić information content (AvgIpc) is 2.18. The van der Waals surface area contributed by atoms with Gasteiger partial charge in [-0.05, 0) is 51.4 Å². The van der Waals surface area contributed by atoms with Gasteiger partial charge in [0, 0.05) is 18.0 Å². The summed E-state index contributed by atoms with van der Waals surface area (Å²) in [6.07, 6.45) is 4.88. The van der Waals surface area contributed by atoms with Gasteiger partial charge in [0.05, 0.1) is 0 Å². The third-order valence-electron chi connectivity index (χ3n) is 3.77. The van der Waals surface area contributed by atoms with Gasteiger partial charge in [-0.1, -0.05) is 13.8 Å². The topological polar surface area (TPSA) is 55.1 Å². The minimum atomic E-state index is -0.246. The molecule has 1 fully saturated rings. The Morgan fingerprint density at radius 1 is 1.35 bits per heavy atom. The van der Waals surface area contributed by atoms with E-state index in [0.717, 1.165) is 18.8 Å². The molecule has 0 aromatic rings. The molecule has 0 spiro atoms. The van der Waals surface area contributed by atoms with E-state index in [0.29, 0.717) is 18.4 Å². The molecule has 1 aliphatic carbocycles. The maximum atomic E-state index is 11.8. The van der Waals surface area contributed by atoms with E-state index >= 15 is 0 Å². The molecule has 100 valence electrons. The second-order valence-electron chi connectivity index (χ2n) is 6.56. The van der Waals surface area contributed by atoms with E-state index in [1.165, 1.54) is 12.8 Å². The van der Waals surface area contributed by atoms with Crippen molar-refractivity contribution in [3.8, 4) is 0 Å². The molecule has 0 aliphatic heterocycles. The van der Waals surface area contributed by atoms with E-state index in [9.17, 15) is 4.79 Å². The maximum Gasteiger partial charge on any atom is 0.220 e. The Bertz CT molecular complexity index is 257. The van der Waals surface area contributed by atoms with Crippen LogP contribution in [0.5, 0.6) is 0 Å². The molecule has 0 aromatic heterocycles. The second kappa shape index (κ2) is 5.85. The molecule has 0 saturated heterocycles. The average molecular weight is 240 g/mol. The van der Waals surface area contributed by atoms with Gasteiger partial charge in [-0.15, -0.1) is 0 Å². The molecular formula is C14H28N2O. The minimum Gasteiger partial charge on any atom is -0.353 e. The van der Waals surface area contributed by atoms with Crippen molar-refractivity contribution < 1.29 is 4.79 Å². The van der Waals surface area contributed by atoms with E-state index in [4.69, 9.17) is 5.73 Å². The summed E-state index contributed by atoms with van der Waals surface area (Å²) in [5.41, 5.74) is 5.64. The second-order valence-corrected chi connectivity index (χ2v) is 6.56. The van der Waals surface area contributed by atoms with E-state index in [2.05, 4.69) is 19.2 Å². The Morgan fingerprint density at radius 3 is 2.53 bits per heavy atom. The summed E-state index contributed by atoms with van der Waals surface area (Å²) in [5.74, 6) is 1.57. The Balaban J connectivity index is 2.31. The Labute approximate surface area is 106 Å². The van der Waals surface area contributed by atoms with Crippen LogP contribution in [-0.2, 0) is 4.79 Å². The molecule has 0 bridgehead atoms. The van der Waals surface area contributed by atoms with E-state index in [1.54, 1.807) is 0 Å². The first kappa shape index (κ1) is 14.5. The molecule has 3 N–H and O–H groups in total. The Morgan fingerprint density at radius 2 is 2.00 bits per heavy atom. The Kier molecular flexibility index (Phi) is 4.99. The highest BCUT2D eigenvalue weighted by Gasteiger charge is 2.26. The fourth-order valence-electron chi connectivity index (χ4n) is 2.59. The fraction of sp³-hybridized carbons (Fsp3) is 0.929. The van der Waals surface area contributed by atoms with Gasteiger partial charge in [0.2, 0.25) is 5.91 Å². The van der Waals surface area contributed by atoms with Gasteiger partial charge in [-0.25, -0.2) is 0 Å². The van der Waals surface area contributed by atoms with Crippen LogP contribution in [0.15, 0.2) is 0 Å². The highest BCUT2D eigenvalue weighted by atomic mass is 16.1. The highest BCUT2D eigenvalue weighted by molar-refractivity contribution is 5.76. The van der Waals surface area contributed by atoms with Gasteiger partial charge < -0.3 is 11.1 Å². The van der Waals surface area contributed by atoms with Crippen LogP contribution in [0.4, 0.5) is 0 Å². The third kappa shape index (κ3) is 5.53. The van der Waals surface area contributed by atoms with Crippen molar-refractivity contribution in [3.05, 3.63) is 0 Å². The zero-order valence-electron chi connectivity index (χ0n) is 11.8. The fourth-order valence-corrected chi connectivity index (χ4v) is 2.59. The van der Waals surface area contributed by atoms with Crippen LogP contribution >= 0.6 is 0 Å².